The Kier molecular flexibility index (Phi) is 7.11. The number of nitrogens with zero attached hydrogens (tertiary/aromatic N) is 1. The van der Waals surface area contributed by atoms with Crippen LogP contribution in [-0.4, -0.2) is 19.1 Å². The summed E-state index contributed by atoms with van der Waals surface area (Å²) >= 11 is 0. The van der Waals surface area contributed by atoms with Crippen LogP contribution in [0.5, 0.6) is 5.75 Å². The average Bonchev–Trinajstić information content (AvgIpc) is 2.14. The molecule has 15 heavy (non-hydrogen) atoms. The molecule has 0 atom stereocenters. The van der Waals surface area contributed by atoms with E-state index < -0.39 is 13.3 Å². The topological polar surface area (TPSA) is 22.1 Å². The predicted molar refractivity (Wildman–Crippen MR) is 48.4 cm³/mol. The van der Waals surface area contributed by atoms with Gasteiger partial charge in [-0.2, -0.15) is 0 Å². The van der Waals surface area contributed by atoms with Gasteiger partial charge < -0.3 is 17.7 Å². The third-order valence-corrected chi connectivity index (χ3v) is 1.82. The number of hydrogen-bond acceptors (Lipinski definition) is 2. The molecule has 0 N–H and O–H groups in total. The van der Waals surface area contributed by atoms with Crippen LogP contribution in [0, 0.1) is 0 Å². The van der Waals surface area contributed by atoms with Crippen molar-refractivity contribution in [3.63, 3.8) is 0 Å². The van der Waals surface area contributed by atoms with E-state index >= 15 is 0 Å². The maximum atomic E-state index is 12.0. The molecule has 0 unspecified atom stereocenters. The van der Waals surface area contributed by atoms with Crippen molar-refractivity contribution >= 4 is 6.98 Å². The van der Waals surface area contributed by atoms with Crippen LogP contribution in [0.15, 0.2) is 18.5 Å². The number of ether oxygens (including phenoxy) is 1. The van der Waals surface area contributed by atoms with Crippen molar-refractivity contribution in [2.45, 2.75) is 12.7 Å². The van der Waals surface area contributed by atoms with E-state index in [4.69, 9.17) is 4.74 Å². The standard InChI is InChI=1S/C8H10BF3NO.K/c1-14-8-3-5-13-6-7(8)2-4-9(10,11)12;/h3,5-6H,2,4H2,1H3;/q-1;+1. The summed E-state index contributed by atoms with van der Waals surface area (Å²) in [4.78, 5) is 3.75. The van der Waals surface area contributed by atoms with E-state index in [0.717, 1.165) is 0 Å². The molecule has 0 radical (unpaired) electrons. The zero-order chi connectivity index (χ0) is 10.6. The van der Waals surface area contributed by atoms with Gasteiger partial charge in [0.25, 0.3) is 0 Å². The SMILES string of the molecule is COc1ccncc1CC[B-](F)(F)F.[K+]. The number of methoxy groups -OCH3 is 1. The van der Waals surface area contributed by atoms with Gasteiger partial charge in [0.15, 0.2) is 0 Å². The second kappa shape index (κ2) is 6.90. The summed E-state index contributed by atoms with van der Waals surface area (Å²) in [5.74, 6) is 0.458. The van der Waals surface area contributed by atoms with Crippen LogP contribution in [0.2, 0.25) is 6.32 Å². The van der Waals surface area contributed by atoms with Crippen molar-refractivity contribution in [1.29, 1.82) is 0 Å². The number of hydrogen-bond donors (Lipinski definition) is 0. The fraction of sp³-hybridized carbons (Fsp3) is 0.375. The maximum absolute atomic E-state index is 12.0. The van der Waals surface area contributed by atoms with Crippen LogP contribution in [0.3, 0.4) is 0 Å². The fourth-order valence-electron chi connectivity index (χ4n) is 1.12. The molecule has 0 aliphatic carbocycles. The number of pyridine rings is 1. The first kappa shape index (κ1) is 15.4. The number of rotatable bonds is 4. The first-order valence-electron chi connectivity index (χ1n) is 4.21. The zero-order valence-corrected chi connectivity index (χ0v) is 11.8. The second-order valence-corrected chi connectivity index (χ2v) is 2.94. The molecule has 0 aromatic carbocycles. The zero-order valence-electron chi connectivity index (χ0n) is 8.71. The van der Waals surface area contributed by atoms with Crippen LogP contribution >= 0.6 is 0 Å². The fourth-order valence-corrected chi connectivity index (χ4v) is 1.12. The number of aryl methyl sites for hydroxylation is 1. The molecular weight excluding hydrogens is 233 g/mol. The Bertz CT molecular complexity index is 308. The largest absolute Gasteiger partial charge is 1.00 e. The average molecular weight is 243 g/mol. The summed E-state index contributed by atoms with van der Waals surface area (Å²) < 4.78 is 40.8. The molecule has 0 amide bonds. The minimum absolute atomic E-state index is 0. The minimum Gasteiger partial charge on any atom is -0.496 e. The number of halogens is 3. The Morgan fingerprint density at radius 1 is 1.40 bits per heavy atom. The van der Waals surface area contributed by atoms with Crippen LogP contribution in [0.1, 0.15) is 5.56 Å². The van der Waals surface area contributed by atoms with Crippen molar-refractivity contribution < 1.29 is 69.1 Å². The smallest absolute Gasteiger partial charge is 0.496 e. The van der Waals surface area contributed by atoms with Crippen molar-refractivity contribution in [1.82, 2.24) is 4.98 Å². The monoisotopic (exact) mass is 243 g/mol. The molecule has 0 aliphatic heterocycles. The molecule has 0 bridgehead atoms. The Morgan fingerprint density at radius 3 is 2.60 bits per heavy atom. The Balaban J connectivity index is 0.00000196. The minimum atomic E-state index is -4.73. The van der Waals surface area contributed by atoms with E-state index in [2.05, 4.69) is 4.98 Å². The quantitative estimate of drug-likeness (QED) is 0.664. The third kappa shape index (κ3) is 5.91. The molecule has 1 rings (SSSR count). The summed E-state index contributed by atoms with van der Waals surface area (Å²) in [6.07, 6.45) is 2.03. The van der Waals surface area contributed by atoms with E-state index in [-0.39, 0.29) is 57.8 Å². The van der Waals surface area contributed by atoms with Crippen LogP contribution in [0.25, 0.3) is 0 Å². The van der Waals surface area contributed by atoms with Gasteiger partial charge in [0.1, 0.15) is 5.75 Å². The van der Waals surface area contributed by atoms with E-state index in [1.54, 1.807) is 6.07 Å². The Labute approximate surface area is 129 Å². The van der Waals surface area contributed by atoms with Gasteiger partial charge >= 0.3 is 58.4 Å². The molecule has 0 fully saturated rings. The van der Waals surface area contributed by atoms with Crippen molar-refractivity contribution in [2.24, 2.45) is 0 Å². The van der Waals surface area contributed by atoms with E-state index in [1.165, 1.54) is 19.5 Å². The summed E-state index contributed by atoms with van der Waals surface area (Å²) in [6, 6.07) is 1.55. The molecule has 0 saturated heterocycles. The van der Waals surface area contributed by atoms with Gasteiger partial charge in [0.2, 0.25) is 0 Å². The molecule has 1 heterocycles. The van der Waals surface area contributed by atoms with Crippen molar-refractivity contribution in [2.75, 3.05) is 7.11 Å². The van der Waals surface area contributed by atoms with Crippen LogP contribution < -0.4 is 56.1 Å². The molecule has 0 saturated carbocycles. The van der Waals surface area contributed by atoms with Crippen LogP contribution in [0.4, 0.5) is 12.9 Å². The Hall–Kier alpha value is 0.441. The molecule has 78 valence electrons. The Morgan fingerprint density at radius 2 is 2.07 bits per heavy atom. The third-order valence-electron chi connectivity index (χ3n) is 1.82. The molecule has 7 heteroatoms. The van der Waals surface area contributed by atoms with Gasteiger partial charge in [-0.05, 0) is 12.5 Å². The number of aromatic nitrogens is 1. The van der Waals surface area contributed by atoms with Gasteiger partial charge in [-0.15, -0.1) is 0 Å². The second-order valence-electron chi connectivity index (χ2n) is 2.94. The molecular formula is C8H10BF3KNO. The van der Waals surface area contributed by atoms with Crippen LogP contribution in [-0.2, 0) is 6.42 Å². The van der Waals surface area contributed by atoms with Crippen molar-refractivity contribution in [3.8, 4) is 5.75 Å². The summed E-state index contributed by atoms with van der Waals surface area (Å²) in [6.45, 7) is -4.73. The van der Waals surface area contributed by atoms with E-state index in [0.29, 0.717) is 11.3 Å². The van der Waals surface area contributed by atoms with Gasteiger partial charge in [-0.3, -0.25) is 4.98 Å². The van der Waals surface area contributed by atoms with Gasteiger partial charge in [-0.1, -0.05) is 6.32 Å². The predicted octanol–water partition coefficient (Wildman–Crippen LogP) is -0.516. The van der Waals surface area contributed by atoms with Gasteiger partial charge in [-0.25, -0.2) is 0 Å². The molecule has 0 aliphatic rings. The van der Waals surface area contributed by atoms with E-state index in [9.17, 15) is 12.9 Å². The van der Waals surface area contributed by atoms with Gasteiger partial charge in [0.05, 0.1) is 7.11 Å². The maximum Gasteiger partial charge on any atom is 1.00 e. The van der Waals surface area contributed by atoms with Gasteiger partial charge in [0, 0.05) is 18.0 Å². The van der Waals surface area contributed by atoms with Crippen molar-refractivity contribution in [3.05, 3.63) is 24.0 Å². The molecule has 1 aromatic heterocycles. The summed E-state index contributed by atoms with van der Waals surface area (Å²) in [7, 11) is 1.43. The first-order chi connectivity index (χ1) is 6.53. The van der Waals surface area contributed by atoms with E-state index in [1.807, 2.05) is 0 Å². The summed E-state index contributed by atoms with van der Waals surface area (Å²) in [5.41, 5.74) is 0.495. The molecule has 0 spiro atoms. The molecule has 1 aromatic rings. The summed E-state index contributed by atoms with van der Waals surface area (Å²) in [5, 5.41) is 0. The normalized spacial score (nSPS) is 10.7. The molecule has 2 nitrogen and oxygen atoms in total. The first-order valence-corrected chi connectivity index (χ1v) is 4.21.